The number of alkyl halides is 2. The molecule has 22 heavy (non-hydrogen) atoms. The number of halogens is 2. The molecule has 1 unspecified atom stereocenters. The maximum absolute atomic E-state index is 12.8. The summed E-state index contributed by atoms with van der Waals surface area (Å²) in [5, 5.41) is 2.96. The van der Waals surface area contributed by atoms with Gasteiger partial charge in [0, 0.05) is 6.54 Å². The Hall–Kier alpha value is -1.76. The van der Waals surface area contributed by atoms with Crippen LogP contribution in [0.4, 0.5) is 26.2 Å². The van der Waals surface area contributed by atoms with Crippen molar-refractivity contribution in [2.45, 2.75) is 37.8 Å². The molecule has 0 amide bonds. The zero-order chi connectivity index (χ0) is 16.2. The van der Waals surface area contributed by atoms with Crippen LogP contribution < -0.4 is 21.5 Å². The van der Waals surface area contributed by atoms with E-state index < -0.39 is 14.1 Å². The molecule has 0 saturated heterocycles. The lowest BCUT2D eigenvalue weighted by atomic mass is 10.1. The van der Waals surface area contributed by atoms with Crippen LogP contribution in [-0.2, 0) is 4.57 Å². The molecule has 1 aliphatic heterocycles. The fourth-order valence-electron chi connectivity index (χ4n) is 2.36. The molecule has 2 rings (SSSR count). The molecule has 10 heteroatoms. The van der Waals surface area contributed by atoms with Gasteiger partial charge in [0.15, 0.2) is 5.82 Å². The largest absolute Gasteiger partial charge is 0.438 e. The third-order valence-corrected chi connectivity index (χ3v) is 4.03. The molecule has 1 aliphatic rings. The van der Waals surface area contributed by atoms with E-state index in [2.05, 4.69) is 15.3 Å². The summed E-state index contributed by atoms with van der Waals surface area (Å²) in [5.41, 5.74) is 2.58. The summed E-state index contributed by atoms with van der Waals surface area (Å²) in [6, 6.07) is 0. The summed E-state index contributed by atoms with van der Waals surface area (Å²) < 4.78 is 35.8. The molecule has 0 bridgehead atoms. The predicted molar refractivity (Wildman–Crippen MR) is 82.1 cm³/mol. The number of nitrogen functional groups attached to an aromatic ring is 1. The Balaban J connectivity index is 1.74. The van der Waals surface area contributed by atoms with E-state index >= 15 is 0 Å². The quantitative estimate of drug-likeness (QED) is 0.497. The molecular formula is C12H19F2N5O2P+. The van der Waals surface area contributed by atoms with Crippen LogP contribution in [0.25, 0.3) is 0 Å². The molecule has 0 radical (unpaired) electrons. The van der Waals surface area contributed by atoms with Crippen LogP contribution in [0.15, 0.2) is 4.79 Å². The summed E-state index contributed by atoms with van der Waals surface area (Å²) in [6.45, 7) is 1.14. The SMILES string of the molecule is Nc1nc2c(c(=O)[nH]1)NCN2CCCCCCC(F)(F)[PH+]=O. The Bertz CT molecular complexity index is 595. The summed E-state index contributed by atoms with van der Waals surface area (Å²) in [7, 11) is -1.57. The second kappa shape index (κ2) is 7.00. The van der Waals surface area contributed by atoms with Crippen LogP contribution in [0.3, 0.4) is 0 Å². The third kappa shape index (κ3) is 4.13. The van der Waals surface area contributed by atoms with Crippen LogP contribution in [-0.4, -0.2) is 28.8 Å². The van der Waals surface area contributed by atoms with Crippen LogP contribution in [0, 0.1) is 0 Å². The lowest BCUT2D eigenvalue weighted by Crippen LogP contribution is -2.24. The molecule has 2 heterocycles. The smallest absolute Gasteiger partial charge is 0.369 e. The van der Waals surface area contributed by atoms with E-state index in [1.165, 1.54) is 0 Å². The molecule has 1 aromatic rings. The number of nitrogens with two attached hydrogens (primary N) is 1. The van der Waals surface area contributed by atoms with Gasteiger partial charge < -0.3 is 16.0 Å². The normalized spacial score (nSPS) is 14.2. The summed E-state index contributed by atoms with van der Waals surface area (Å²) in [6.07, 6.45) is 2.24. The molecule has 1 atom stereocenters. The van der Waals surface area contributed by atoms with Gasteiger partial charge in [-0.05, 0) is 12.8 Å². The number of H-pyrrole nitrogens is 1. The Morgan fingerprint density at radius 3 is 2.77 bits per heavy atom. The first-order valence-electron chi connectivity index (χ1n) is 7.09. The number of fused-ring (bicyclic) bond motifs is 1. The van der Waals surface area contributed by atoms with Gasteiger partial charge in [0.2, 0.25) is 5.95 Å². The van der Waals surface area contributed by atoms with Gasteiger partial charge in [0.25, 0.3) is 5.56 Å². The number of rotatable bonds is 8. The minimum Gasteiger partial charge on any atom is -0.369 e. The van der Waals surface area contributed by atoms with E-state index in [0.29, 0.717) is 37.6 Å². The highest BCUT2D eigenvalue weighted by Gasteiger charge is 2.37. The minimum absolute atomic E-state index is 0.0677. The highest BCUT2D eigenvalue weighted by atomic mass is 31.1. The number of hydrogen-bond acceptors (Lipinski definition) is 6. The minimum atomic E-state index is -3.06. The summed E-state index contributed by atoms with van der Waals surface area (Å²) >= 11 is 0. The van der Waals surface area contributed by atoms with Gasteiger partial charge in [0.05, 0.1) is 13.1 Å². The molecule has 7 nitrogen and oxygen atoms in total. The van der Waals surface area contributed by atoms with Gasteiger partial charge in [-0.2, -0.15) is 13.8 Å². The fourth-order valence-corrected chi connectivity index (χ4v) is 2.63. The zero-order valence-electron chi connectivity index (χ0n) is 12.0. The molecule has 0 aromatic carbocycles. The highest BCUT2D eigenvalue weighted by Crippen LogP contribution is 2.32. The van der Waals surface area contributed by atoms with Gasteiger partial charge >= 0.3 is 14.1 Å². The average Bonchev–Trinajstić information content (AvgIpc) is 2.86. The maximum Gasteiger partial charge on any atom is 0.438 e. The Kier molecular flexibility index (Phi) is 5.28. The fraction of sp³-hybridized carbons (Fsp3) is 0.667. The van der Waals surface area contributed by atoms with E-state index in [4.69, 9.17) is 5.73 Å². The van der Waals surface area contributed by atoms with Crippen LogP contribution in [0.2, 0.25) is 0 Å². The van der Waals surface area contributed by atoms with E-state index in [-0.39, 0.29) is 17.9 Å². The van der Waals surface area contributed by atoms with Crippen molar-refractivity contribution in [3.63, 3.8) is 0 Å². The molecule has 0 saturated carbocycles. The van der Waals surface area contributed by atoms with Crippen molar-refractivity contribution in [2.24, 2.45) is 0 Å². The monoisotopic (exact) mass is 334 g/mol. The second-order valence-corrected chi connectivity index (χ2v) is 6.15. The summed E-state index contributed by atoms with van der Waals surface area (Å²) in [4.78, 5) is 20.1. The van der Waals surface area contributed by atoms with Gasteiger partial charge in [-0.25, -0.2) is 0 Å². The lowest BCUT2D eigenvalue weighted by molar-refractivity contribution is 0.0847. The second-order valence-electron chi connectivity index (χ2n) is 5.22. The van der Waals surface area contributed by atoms with Crippen molar-refractivity contribution in [2.75, 3.05) is 29.2 Å². The number of nitrogens with one attached hydrogen (secondary N) is 2. The van der Waals surface area contributed by atoms with Gasteiger partial charge in [-0.3, -0.25) is 9.78 Å². The molecule has 0 spiro atoms. The van der Waals surface area contributed by atoms with E-state index in [1.54, 1.807) is 0 Å². The van der Waals surface area contributed by atoms with Gasteiger partial charge in [-0.15, -0.1) is 0 Å². The van der Waals surface area contributed by atoms with E-state index in [1.807, 2.05) is 4.90 Å². The zero-order valence-corrected chi connectivity index (χ0v) is 13.0. The number of aromatic amines is 1. The predicted octanol–water partition coefficient (Wildman–Crippen LogP) is 2.11. The van der Waals surface area contributed by atoms with Crippen LogP contribution in [0.5, 0.6) is 0 Å². The van der Waals surface area contributed by atoms with Crippen molar-refractivity contribution in [3.8, 4) is 0 Å². The number of hydrogen-bond donors (Lipinski definition) is 3. The van der Waals surface area contributed by atoms with Gasteiger partial charge in [0.1, 0.15) is 5.69 Å². The first-order valence-corrected chi connectivity index (χ1v) is 7.99. The van der Waals surface area contributed by atoms with Crippen molar-refractivity contribution in [1.29, 1.82) is 0 Å². The average molecular weight is 334 g/mol. The Labute approximate surface area is 127 Å². The number of anilines is 3. The number of unbranched alkanes of at least 4 members (excludes halogenated alkanes) is 3. The molecule has 0 aliphatic carbocycles. The lowest BCUT2D eigenvalue weighted by Gasteiger charge is -2.16. The first-order chi connectivity index (χ1) is 10.4. The standard InChI is InChI=1S/C12H18F2N5O2P/c13-12(14,22-21)5-3-1-2-4-6-19-7-16-8-9(19)17-11(15)18-10(8)20/h16H,1-7H2,(H3,15,17,18,20)/p+1. The highest BCUT2D eigenvalue weighted by molar-refractivity contribution is 7.25. The molecular weight excluding hydrogens is 315 g/mol. The topological polar surface area (TPSA) is 104 Å². The maximum atomic E-state index is 12.8. The Morgan fingerprint density at radius 1 is 1.32 bits per heavy atom. The Morgan fingerprint density at radius 2 is 2.05 bits per heavy atom. The van der Waals surface area contributed by atoms with Crippen molar-refractivity contribution in [3.05, 3.63) is 10.4 Å². The van der Waals surface area contributed by atoms with Crippen molar-refractivity contribution < 1.29 is 13.3 Å². The van der Waals surface area contributed by atoms with Crippen LogP contribution >= 0.6 is 8.46 Å². The van der Waals surface area contributed by atoms with Crippen molar-refractivity contribution in [1.82, 2.24) is 9.97 Å². The molecule has 0 fully saturated rings. The first kappa shape index (κ1) is 16.6. The van der Waals surface area contributed by atoms with E-state index in [0.717, 1.165) is 12.8 Å². The number of nitrogens with zero attached hydrogens (tertiary/aromatic N) is 2. The molecule has 1 aromatic heterocycles. The van der Waals surface area contributed by atoms with Crippen molar-refractivity contribution >= 4 is 25.9 Å². The van der Waals surface area contributed by atoms with Crippen LogP contribution in [0.1, 0.15) is 32.1 Å². The summed E-state index contributed by atoms with van der Waals surface area (Å²) in [5.74, 6) is 0.596. The third-order valence-electron chi connectivity index (χ3n) is 3.48. The number of aromatic nitrogens is 2. The molecule has 122 valence electrons. The molecule has 4 N–H and O–H groups in total. The van der Waals surface area contributed by atoms with E-state index in [9.17, 15) is 18.1 Å². The van der Waals surface area contributed by atoms with Gasteiger partial charge in [-0.1, -0.05) is 17.4 Å².